The van der Waals surface area contributed by atoms with Crippen LogP contribution in [0.5, 0.6) is 0 Å². The molecule has 1 unspecified atom stereocenters. The largest absolute Gasteiger partial charge is 0.375 e. The minimum atomic E-state index is 0.265. The molecule has 2 rings (SSSR count). The zero-order valence-corrected chi connectivity index (χ0v) is 15.9. The molecule has 1 aliphatic heterocycles. The number of hydrogen-bond donors (Lipinski definition) is 2. The van der Waals surface area contributed by atoms with Crippen molar-refractivity contribution in [3.63, 3.8) is 0 Å². The summed E-state index contributed by atoms with van der Waals surface area (Å²) in [6.07, 6.45) is 5.85. The maximum absolute atomic E-state index is 5.59. The quantitative estimate of drug-likeness (QED) is 0.430. The minimum absolute atomic E-state index is 0.265. The summed E-state index contributed by atoms with van der Waals surface area (Å²) in [4.78, 5) is 11.5. The topological polar surface area (TPSA) is 61.8 Å². The van der Waals surface area contributed by atoms with E-state index in [0.29, 0.717) is 6.54 Å². The van der Waals surface area contributed by atoms with Gasteiger partial charge in [0, 0.05) is 32.4 Å². The Bertz CT molecular complexity index is 517. The van der Waals surface area contributed by atoms with Gasteiger partial charge in [0.15, 0.2) is 5.96 Å². The Kier molecular flexibility index (Phi) is 8.52. The Morgan fingerprint density at radius 1 is 1.32 bits per heavy atom. The van der Waals surface area contributed by atoms with E-state index in [1.54, 1.807) is 0 Å². The first-order valence-corrected chi connectivity index (χ1v) is 9.56. The van der Waals surface area contributed by atoms with Crippen LogP contribution < -0.4 is 15.5 Å². The van der Waals surface area contributed by atoms with Crippen molar-refractivity contribution >= 4 is 11.8 Å². The second-order valence-corrected chi connectivity index (χ2v) is 6.48. The van der Waals surface area contributed by atoms with Crippen molar-refractivity contribution in [1.82, 2.24) is 15.6 Å². The average molecular weight is 348 g/mol. The van der Waals surface area contributed by atoms with Gasteiger partial charge < -0.3 is 20.3 Å². The Labute approximate surface area is 152 Å². The standard InChI is InChI=1S/C19H33N5O/c1-4-6-7-10-21-19(20-5-2)23-14-17-8-9-18(22-13-17)24-11-12-25-16(3)15-24/h8-9,13,16H,4-7,10-12,14-15H2,1-3H3,(H2,20,21,23). The van der Waals surface area contributed by atoms with Gasteiger partial charge in [-0.25, -0.2) is 9.98 Å². The molecule has 0 saturated carbocycles. The smallest absolute Gasteiger partial charge is 0.191 e. The average Bonchev–Trinajstić information content (AvgIpc) is 2.63. The highest BCUT2D eigenvalue weighted by Gasteiger charge is 2.17. The molecule has 1 saturated heterocycles. The number of unbranched alkanes of at least 4 members (excludes halogenated alkanes) is 2. The van der Waals surface area contributed by atoms with Crippen LogP contribution in [0.3, 0.4) is 0 Å². The first-order chi connectivity index (χ1) is 12.2. The number of aliphatic imine (C=N–C) groups is 1. The van der Waals surface area contributed by atoms with Gasteiger partial charge in [-0.1, -0.05) is 25.8 Å². The molecular formula is C19H33N5O. The van der Waals surface area contributed by atoms with Crippen LogP contribution in [0.25, 0.3) is 0 Å². The predicted octanol–water partition coefficient (Wildman–Crippen LogP) is 2.55. The van der Waals surface area contributed by atoms with Gasteiger partial charge in [-0.3, -0.25) is 0 Å². The lowest BCUT2D eigenvalue weighted by atomic mass is 10.2. The molecular weight excluding hydrogens is 314 g/mol. The van der Waals surface area contributed by atoms with Gasteiger partial charge in [0.05, 0.1) is 19.3 Å². The van der Waals surface area contributed by atoms with Crippen LogP contribution >= 0.6 is 0 Å². The summed E-state index contributed by atoms with van der Waals surface area (Å²) in [6, 6.07) is 4.21. The number of nitrogens with one attached hydrogen (secondary N) is 2. The highest BCUT2D eigenvalue weighted by atomic mass is 16.5. The molecule has 1 aromatic heterocycles. The fraction of sp³-hybridized carbons (Fsp3) is 0.684. The summed E-state index contributed by atoms with van der Waals surface area (Å²) in [7, 11) is 0. The van der Waals surface area contributed by atoms with Gasteiger partial charge in [-0.2, -0.15) is 0 Å². The van der Waals surface area contributed by atoms with Crippen molar-refractivity contribution in [2.24, 2.45) is 4.99 Å². The molecule has 0 amide bonds. The molecule has 6 heteroatoms. The summed E-state index contributed by atoms with van der Waals surface area (Å²) in [6.45, 7) is 11.4. The Morgan fingerprint density at radius 2 is 2.20 bits per heavy atom. The zero-order chi connectivity index (χ0) is 17.9. The molecule has 140 valence electrons. The third-order valence-corrected chi connectivity index (χ3v) is 4.21. The number of ether oxygens (including phenoxy) is 1. The second kappa shape index (κ2) is 10.9. The molecule has 6 nitrogen and oxygen atoms in total. The first kappa shape index (κ1) is 19.5. The van der Waals surface area contributed by atoms with Crippen molar-refractivity contribution in [1.29, 1.82) is 0 Å². The fourth-order valence-electron chi connectivity index (χ4n) is 2.82. The Balaban J connectivity index is 1.87. The Hall–Kier alpha value is -1.82. The summed E-state index contributed by atoms with van der Waals surface area (Å²) >= 11 is 0. The van der Waals surface area contributed by atoms with Crippen molar-refractivity contribution in [3.05, 3.63) is 23.9 Å². The fourth-order valence-corrected chi connectivity index (χ4v) is 2.82. The SMILES string of the molecule is CCCCCNC(=NCc1ccc(N2CCOC(C)C2)nc1)NCC. The number of hydrogen-bond acceptors (Lipinski definition) is 4. The van der Waals surface area contributed by atoms with Crippen molar-refractivity contribution in [2.45, 2.75) is 52.7 Å². The molecule has 25 heavy (non-hydrogen) atoms. The lowest BCUT2D eigenvalue weighted by Crippen LogP contribution is -2.41. The van der Waals surface area contributed by atoms with Gasteiger partial charge in [-0.05, 0) is 31.9 Å². The Morgan fingerprint density at radius 3 is 2.88 bits per heavy atom. The van der Waals surface area contributed by atoms with Crippen LogP contribution in [0.1, 0.15) is 45.6 Å². The highest BCUT2D eigenvalue weighted by Crippen LogP contribution is 2.15. The third kappa shape index (κ3) is 6.90. The van der Waals surface area contributed by atoms with E-state index >= 15 is 0 Å². The molecule has 0 radical (unpaired) electrons. The number of morpholine rings is 1. The van der Waals surface area contributed by atoms with Crippen LogP contribution in [0.4, 0.5) is 5.82 Å². The van der Waals surface area contributed by atoms with Crippen LogP contribution in [0.15, 0.2) is 23.3 Å². The van der Waals surface area contributed by atoms with Crippen LogP contribution in [-0.2, 0) is 11.3 Å². The number of aromatic nitrogens is 1. The van der Waals surface area contributed by atoms with E-state index in [4.69, 9.17) is 4.74 Å². The van der Waals surface area contributed by atoms with E-state index in [2.05, 4.69) is 58.4 Å². The summed E-state index contributed by atoms with van der Waals surface area (Å²) in [5.41, 5.74) is 1.12. The minimum Gasteiger partial charge on any atom is -0.375 e. The molecule has 1 aliphatic rings. The van der Waals surface area contributed by atoms with E-state index in [9.17, 15) is 0 Å². The zero-order valence-electron chi connectivity index (χ0n) is 15.9. The molecule has 0 bridgehead atoms. The molecule has 0 aliphatic carbocycles. The van der Waals surface area contributed by atoms with Gasteiger partial charge >= 0.3 is 0 Å². The molecule has 2 N–H and O–H groups in total. The van der Waals surface area contributed by atoms with Crippen molar-refractivity contribution in [2.75, 3.05) is 37.7 Å². The highest BCUT2D eigenvalue weighted by molar-refractivity contribution is 5.79. The number of anilines is 1. The van der Waals surface area contributed by atoms with E-state index in [1.807, 2.05) is 6.20 Å². The van der Waals surface area contributed by atoms with Gasteiger partial charge in [0.2, 0.25) is 0 Å². The lowest BCUT2D eigenvalue weighted by molar-refractivity contribution is 0.0529. The summed E-state index contributed by atoms with van der Waals surface area (Å²) < 4.78 is 5.59. The second-order valence-electron chi connectivity index (χ2n) is 6.48. The van der Waals surface area contributed by atoms with Crippen molar-refractivity contribution in [3.8, 4) is 0 Å². The first-order valence-electron chi connectivity index (χ1n) is 9.56. The molecule has 1 fully saturated rings. The van der Waals surface area contributed by atoms with Gasteiger partial charge in [-0.15, -0.1) is 0 Å². The predicted molar refractivity (Wildman–Crippen MR) is 104 cm³/mol. The summed E-state index contributed by atoms with van der Waals surface area (Å²) in [5.74, 6) is 1.90. The van der Waals surface area contributed by atoms with E-state index in [0.717, 1.165) is 50.1 Å². The third-order valence-electron chi connectivity index (χ3n) is 4.21. The van der Waals surface area contributed by atoms with Crippen molar-refractivity contribution < 1.29 is 4.74 Å². The number of nitrogens with zero attached hydrogens (tertiary/aromatic N) is 3. The monoisotopic (exact) mass is 347 g/mol. The van der Waals surface area contributed by atoms with Crippen LogP contribution in [0.2, 0.25) is 0 Å². The maximum atomic E-state index is 5.59. The maximum Gasteiger partial charge on any atom is 0.191 e. The van der Waals surface area contributed by atoms with E-state index < -0.39 is 0 Å². The number of guanidine groups is 1. The number of rotatable bonds is 8. The number of pyridine rings is 1. The van der Waals surface area contributed by atoms with Gasteiger partial charge in [0.25, 0.3) is 0 Å². The normalized spacial score (nSPS) is 18.3. The van der Waals surface area contributed by atoms with Crippen LogP contribution in [-0.4, -0.2) is 49.8 Å². The summed E-state index contributed by atoms with van der Waals surface area (Å²) in [5, 5.41) is 6.68. The van der Waals surface area contributed by atoms with Gasteiger partial charge in [0.1, 0.15) is 5.82 Å². The molecule has 1 aromatic rings. The van der Waals surface area contributed by atoms with E-state index in [1.165, 1.54) is 19.3 Å². The molecule has 0 spiro atoms. The molecule has 1 atom stereocenters. The van der Waals surface area contributed by atoms with E-state index in [-0.39, 0.29) is 6.10 Å². The lowest BCUT2D eigenvalue weighted by Gasteiger charge is -2.32. The van der Waals surface area contributed by atoms with Crippen LogP contribution in [0, 0.1) is 0 Å². The molecule has 2 heterocycles. The molecule has 0 aromatic carbocycles.